The zero-order valence-corrected chi connectivity index (χ0v) is 14.6. The third-order valence-corrected chi connectivity index (χ3v) is 3.74. The molecule has 2 aromatic carbocycles. The summed E-state index contributed by atoms with van der Waals surface area (Å²) < 4.78 is 42.9. The van der Waals surface area contributed by atoms with Crippen molar-refractivity contribution < 1.29 is 22.7 Å². The Hall–Kier alpha value is -3.62. The Morgan fingerprint density at radius 2 is 1.64 bits per heavy atom. The molecule has 0 fully saturated rings. The first-order valence-electron chi connectivity index (χ1n) is 8.07. The van der Waals surface area contributed by atoms with Gasteiger partial charge in [0.2, 0.25) is 5.95 Å². The minimum absolute atomic E-state index is 0.147. The van der Waals surface area contributed by atoms with E-state index in [1.165, 1.54) is 31.6 Å². The molecule has 2 N–H and O–H groups in total. The van der Waals surface area contributed by atoms with E-state index in [0.29, 0.717) is 17.1 Å². The van der Waals surface area contributed by atoms with Crippen LogP contribution in [0.2, 0.25) is 0 Å². The van der Waals surface area contributed by atoms with Crippen LogP contribution in [0, 0.1) is 0 Å². The summed E-state index contributed by atoms with van der Waals surface area (Å²) in [4.78, 5) is 20.3. The number of aromatic nitrogens is 2. The van der Waals surface area contributed by atoms with Crippen LogP contribution in [0.1, 0.15) is 15.9 Å². The van der Waals surface area contributed by atoms with Gasteiger partial charge in [-0.1, -0.05) is 12.1 Å². The maximum atomic E-state index is 12.6. The quantitative estimate of drug-likeness (QED) is 0.673. The minimum Gasteiger partial charge on any atom is -0.495 e. The molecule has 0 saturated carbocycles. The van der Waals surface area contributed by atoms with Crippen LogP contribution in [0.5, 0.6) is 5.75 Å². The smallest absolute Gasteiger partial charge is 0.416 e. The van der Waals surface area contributed by atoms with Crippen molar-refractivity contribution in [3.63, 3.8) is 0 Å². The minimum atomic E-state index is -4.40. The number of para-hydroxylation sites is 2. The molecule has 144 valence electrons. The number of benzene rings is 2. The summed E-state index contributed by atoms with van der Waals surface area (Å²) in [6.07, 6.45) is -1.78. The lowest BCUT2D eigenvalue weighted by molar-refractivity contribution is -0.137. The number of carbonyl (C=O) groups excluding carboxylic acids is 1. The van der Waals surface area contributed by atoms with Crippen LogP contribution < -0.4 is 15.4 Å². The highest BCUT2D eigenvalue weighted by Gasteiger charge is 2.29. The van der Waals surface area contributed by atoms with Crippen molar-refractivity contribution in [1.82, 2.24) is 9.97 Å². The van der Waals surface area contributed by atoms with Crippen molar-refractivity contribution in [2.24, 2.45) is 0 Å². The molecule has 1 heterocycles. The summed E-state index contributed by atoms with van der Waals surface area (Å²) >= 11 is 0. The van der Waals surface area contributed by atoms with Gasteiger partial charge in [0.05, 0.1) is 23.9 Å². The summed E-state index contributed by atoms with van der Waals surface area (Å²) in [7, 11) is 1.50. The molecule has 0 saturated heterocycles. The molecular weight excluding hydrogens is 373 g/mol. The predicted molar refractivity (Wildman–Crippen MR) is 97.7 cm³/mol. The SMILES string of the molecule is COc1ccccc1NC(=O)c1cnc(Nc2ccc(C(F)(F)F)cc2)nc1. The van der Waals surface area contributed by atoms with Gasteiger partial charge in [0, 0.05) is 18.1 Å². The molecular formula is C19H15F3N4O2. The van der Waals surface area contributed by atoms with Gasteiger partial charge in [-0.15, -0.1) is 0 Å². The molecule has 0 aliphatic carbocycles. The van der Waals surface area contributed by atoms with Crippen LogP contribution in [0.4, 0.5) is 30.5 Å². The summed E-state index contributed by atoms with van der Waals surface area (Å²) in [5, 5.41) is 5.47. The molecule has 3 rings (SSSR count). The largest absolute Gasteiger partial charge is 0.495 e. The van der Waals surface area contributed by atoms with Crippen LogP contribution in [0.25, 0.3) is 0 Å². The van der Waals surface area contributed by atoms with Crippen LogP contribution in [-0.2, 0) is 6.18 Å². The summed E-state index contributed by atoms with van der Waals surface area (Å²) in [6, 6.07) is 11.4. The van der Waals surface area contributed by atoms with E-state index in [9.17, 15) is 18.0 Å². The van der Waals surface area contributed by atoms with E-state index >= 15 is 0 Å². The van der Waals surface area contributed by atoms with E-state index in [1.807, 2.05) is 0 Å². The van der Waals surface area contributed by atoms with Gasteiger partial charge < -0.3 is 15.4 Å². The topological polar surface area (TPSA) is 76.1 Å². The fraction of sp³-hybridized carbons (Fsp3) is 0.105. The van der Waals surface area contributed by atoms with Crippen molar-refractivity contribution in [2.45, 2.75) is 6.18 Å². The van der Waals surface area contributed by atoms with Gasteiger partial charge in [-0.3, -0.25) is 4.79 Å². The molecule has 0 aliphatic heterocycles. The van der Waals surface area contributed by atoms with Gasteiger partial charge in [-0.2, -0.15) is 13.2 Å². The number of methoxy groups -OCH3 is 1. The van der Waals surface area contributed by atoms with Crippen molar-refractivity contribution in [1.29, 1.82) is 0 Å². The monoisotopic (exact) mass is 388 g/mol. The number of hydrogen-bond donors (Lipinski definition) is 2. The highest BCUT2D eigenvalue weighted by atomic mass is 19.4. The molecule has 0 bridgehead atoms. The number of rotatable bonds is 5. The zero-order valence-electron chi connectivity index (χ0n) is 14.6. The fourth-order valence-corrected chi connectivity index (χ4v) is 2.32. The van der Waals surface area contributed by atoms with Crippen LogP contribution >= 0.6 is 0 Å². The number of halogens is 3. The molecule has 0 aliphatic rings. The molecule has 3 aromatic rings. The van der Waals surface area contributed by atoms with Crippen LogP contribution in [0.15, 0.2) is 60.9 Å². The standard InChI is InChI=1S/C19H15F3N4O2/c1-28-16-5-3-2-4-15(16)26-17(27)12-10-23-18(24-11-12)25-14-8-6-13(7-9-14)19(20,21)22/h2-11H,1H3,(H,26,27)(H,23,24,25). The van der Waals surface area contributed by atoms with Crippen LogP contribution in [-0.4, -0.2) is 23.0 Å². The number of anilines is 3. The highest BCUT2D eigenvalue weighted by molar-refractivity contribution is 6.04. The van der Waals surface area contributed by atoms with E-state index in [0.717, 1.165) is 12.1 Å². The fourth-order valence-electron chi connectivity index (χ4n) is 2.32. The summed E-state index contributed by atoms with van der Waals surface area (Å²) in [6.45, 7) is 0. The number of ether oxygens (including phenoxy) is 1. The summed E-state index contributed by atoms with van der Waals surface area (Å²) in [5.41, 5.74) is 0.354. The number of carbonyl (C=O) groups is 1. The molecule has 9 heteroatoms. The Labute approximate surface area is 158 Å². The zero-order chi connectivity index (χ0) is 20.1. The van der Waals surface area contributed by atoms with Gasteiger partial charge in [-0.05, 0) is 36.4 Å². The Balaban J connectivity index is 1.67. The van der Waals surface area contributed by atoms with Crippen molar-refractivity contribution in [3.8, 4) is 5.75 Å². The van der Waals surface area contributed by atoms with E-state index in [-0.39, 0.29) is 11.5 Å². The second-order valence-corrected chi connectivity index (χ2v) is 5.65. The van der Waals surface area contributed by atoms with Crippen molar-refractivity contribution in [3.05, 3.63) is 72.1 Å². The van der Waals surface area contributed by atoms with Crippen molar-refractivity contribution >= 4 is 23.2 Å². The van der Waals surface area contributed by atoms with E-state index < -0.39 is 17.6 Å². The molecule has 0 radical (unpaired) electrons. The second kappa shape index (κ2) is 7.95. The van der Waals surface area contributed by atoms with Gasteiger partial charge in [0.25, 0.3) is 5.91 Å². The first-order chi connectivity index (χ1) is 13.4. The van der Waals surface area contributed by atoms with Gasteiger partial charge in [0.1, 0.15) is 5.75 Å². The van der Waals surface area contributed by atoms with Gasteiger partial charge in [0.15, 0.2) is 0 Å². The highest BCUT2D eigenvalue weighted by Crippen LogP contribution is 2.30. The number of amides is 1. The molecule has 1 aromatic heterocycles. The maximum Gasteiger partial charge on any atom is 0.416 e. The maximum absolute atomic E-state index is 12.6. The molecule has 6 nitrogen and oxygen atoms in total. The van der Waals surface area contributed by atoms with E-state index in [1.54, 1.807) is 24.3 Å². The second-order valence-electron chi connectivity index (χ2n) is 5.65. The Bertz CT molecular complexity index is 958. The number of nitrogens with one attached hydrogen (secondary N) is 2. The van der Waals surface area contributed by atoms with Gasteiger partial charge in [-0.25, -0.2) is 9.97 Å². The summed E-state index contributed by atoms with van der Waals surface area (Å²) in [5.74, 6) is 0.233. The molecule has 1 amide bonds. The molecule has 0 atom stereocenters. The third-order valence-electron chi connectivity index (χ3n) is 3.74. The Kier molecular flexibility index (Phi) is 5.44. The molecule has 0 spiro atoms. The lowest BCUT2D eigenvalue weighted by Gasteiger charge is -2.10. The van der Waals surface area contributed by atoms with Gasteiger partial charge >= 0.3 is 6.18 Å². The first kappa shape index (κ1) is 19.2. The Morgan fingerprint density at radius 1 is 1.00 bits per heavy atom. The lowest BCUT2D eigenvalue weighted by atomic mass is 10.2. The normalized spacial score (nSPS) is 11.0. The van der Waals surface area contributed by atoms with Crippen LogP contribution in [0.3, 0.4) is 0 Å². The van der Waals surface area contributed by atoms with E-state index in [2.05, 4.69) is 20.6 Å². The lowest BCUT2D eigenvalue weighted by Crippen LogP contribution is -2.13. The predicted octanol–water partition coefficient (Wildman–Crippen LogP) is 4.50. The Morgan fingerprint density at radius 3 is 2.25 bits per heavy atom. The number of hydrogen-bond acceptors (Lipinski definition) is 5. The average molecular weight is 388 g/mol. The first-order valence-corrected chi connectivity index (χ1v) is 8.07. The third kappa shape index (κ3) is 4.56. The number of alkyl halides is 3. The van der Waals surface area contributed by atoms with E-state index in [4.69, 9.17) is 4.74 Å². The molecule has 0 unspecified atom stereocenters. The molecule has 28 heavy (non-hydrogen) atoms. The number of nitrogens with zero attached hydrogens (tertiary/aromatic N) is 2. The van der Waals surface area contributed by atoms with Crippen molar-refractivity contribution in [2.75, 3.05) is 17.7 Å². The average Bonchev–Trinajstić information content (AvgIpc) is 2.68.